The molecule has 0 bridgehead atoms. The predicted molar refractivity (Wildman–Crippen MR) is 104 cm³/mol. The molecule has 0 amide bonds. The van der Waals surface area contributed by atoms with Crippen molar-refractivity contribution in [3.8, 4) is 0 Å². The van der Waals surface area contributed by atoms with E-state index in [2.05, 4.69) is 19.1 Å². The summed E-state index contributed by atoms with van der Waals surface area (Å²) in [6.07, 6.45) is 15.2. The molecule has 3 N–H and O–H groups in total. The van der Waals surface area contributed by atoms with E-state index in [0.717, 1.165) is 12.8 Å². The van der Waals surface area contributed by atoms with Gasteiger partial charge in [0.1, 0.15) is 24.4 Å². The quantitative estimate of drug-likeness (QED) is 0.286. The average Bonchev–Trinajstić information content (AvgIpc) is 2.98. The summed E-state index contributed by atoms with van der Waals surface area (Å²) in [5, 5.41) is 28.7. The Kier molecular flexibility index (Phi) is 14.1. The van der Waals surface area contributed by atoms with E-state index in [1.165, 1.54) is 57.8 Å². The molecule has 0 saturated carbocycles. The lowest BCUT2D eigenvalue weighted by Gasteiger charge is -2.24. The summed E-state index contributed by atoms with van der Waals surface area (Å²) < 4.78 is 10.9. The molecular formula is C21H40O5. The zero-order valence-corrected chi connectivity index (χ0v) is 16.5. The first kappa shape index (κ1) is 23.6. The van der Waals surface area contributed by atoms with Gasteiger partial charge in [0.15, 0.2) is 0 Å². The van der Waals surface area contributed by atoms with Gasteiger partial charge in [-0.3, -0.25) is 0 Å². The van der Waals surface area contributed by atoms with E-state index in [4.69, 9.17) is 9.47 Å². The number of unbranched alkanes of at least 4 members (excludes halogenated alkanes) is 9. The highest BCUT2D eigenvalue weighted by atomic mass is 16.6. The zero-order valence-electron chi connectivity index (χ0n) is 16.5. The van der Waals surface area contributed by atoms with Crippen LogP contribution in [0.3, 0.4) is 0 Å². The summed E-state index contributed by atoms with van der Waals surface area (Å²) >= 11 is 0. The molecule has 154 valence electrons. The normalized spacial score (nSPS) is 24.5. The van der Waals surface area contributed by atoms with Crippen molar-refractivity contribution in [2.24, 2.45) is 0 Å². The molecule has 1 rings (SSSR count). The maximum absolute atomic E-state index is 9.79. The average molecular weight is 373 g/mol. The van der Waals surface area contributed by atoms with E-state index >= 15 is 0 Å². The molecular weight excluding hydrogens is 332 g/mol. The first-order valence-electron chi connectivity index (χ1n) is 10.6. The number of hydrogen-bond donors (Lipinski definition) is 3. The van der Waals surface area contributed by atoms with Gasteiger partial charge in [-0.15, -0.1) is 0 Å². The van der Waals surface area contributed by atoms with Crippen molar-refractivity contribution in [1.82, 2.24) is 0 Å². The van der Waals surface area contributed by atoms with Crippen LogP contribution >= 0.6 is 0 Å². The summed E-state index contributed by atoms with van der Waals surface area (Å²) in [6, 6.07) is 0. The van der Waals surface area contributed by atoms with E-state index in [0.29, 0.717) is 6.61 Å². The lowest BCUT2D eigenvalue weighted by atomic mass is 10.1. The van der Waals surface area contributed by atoms with Crippen LogP contribution in [-0.2, 0) is 9.47 Å². The smallest absolute Gasteiger partial charge is 0.114 e. The Hall–Kier alpha value is -0.460. The molecule has 1 fully saturated rings. The first-order valence-corrected chi connectivity index (χ1v) is 10.6. The summed E-state index contributed by atoms with van der Waals surface area (Å²) in [5.41, 5.74) is 0. The fourth-order valence-corrected chi connectivity index (χ4v) is 3.30. The second-order valence-corrected chi connectivity index (χ2v) is 7.32. The number of aliphatic hydroxyl groups is 3. The first-order chi connectivity index (χ1) is 12.7. The molecule has 1 aliphatic heterocycles. The fourth-order valence-electron chi connectivity index (χ4n) is 3.30. The molecule has 0 radical (unpaired) electrons. The molecule has 5 nitrogen and oxygen atoms in total. The molecule has 0 spiro atoms. The van der Waals surface area contributed by atoms with Gasteiger partial charge in [0.05, 0.1) is 19.8 Å². The molecule has 0 aromatic rings. The van der Waals surface area contributed by atoms with Crippen LogP contribution in [-0.4, -0.2) is 59.6 Å². The van der Waals surface area contributed by atoms with Gasteiger partial charge in [0.25, 0.3) is 0 Å². The number of allylic oxidation sites excluding steroid dienone is 1. The van der Waals surface area contributed by atoms with E-state index in [1.807, 2.05) is 0 Å². The van der Waals surface area contributed by atoms with Crippen molar-refractivity contribution in [3.63, 3.8) is 0 Å². The SMILES string of the molecule is CCCCCCCCCCC/C=C/CCO[C@H](CO)[C@H]1OC[C@H](O)[C@H]1O. The molecule has 0 unspecified atom stereocenters. The Bertz CT molecular complexity index is 347. The summed E-state index contributed by atoms with van der Waals surface area (Å²) in [4.78, 5) is 0. The maximum Gasteiger partial charge on any atom is 0.114 e. The van der Waals surface area contributed by atoms with Gasteiger partial charge >= 0.3 is 0 Å². The molecule has 1 heterocycles. The van der Waals surface area contributed by atoms with Gasteiger partial charge in [-0.05, 0) is 19.3 Å². The molecule has 4 atom stereocenters. The van der Waals surface area contributed by atoms with Crippen molar-refractivity contribution in [1.29, 1.82) is 0 Å². The Morgan fingerprint density at radius 1 is 0.962 bits per heavy atom. The van der Waals surface area contributed by atoms with Crippen molar-refractivity contribution in [2.75, 3.05) is 19.8 Å². The molecule has 0 aromatic heterocycles. The summed E-state index contributed by atoms with van der Waals surface area (Å²) in [6.45, 7) is 2.59. The third kappa shape index (κ3) is 10.0. The highest BCUT2D eigenvalue weighted by molar-refractivity contribution is 4.89. The van der Waals surface area contributed by atoms with Crippen LogP contribution in [0.5, 0.6) is 0 Å². The number of hydrogen-bond acceptors (Lipinski definition) is 5. The third-order valence-electron chi connectivity index (χ3n) is 4.99. The van der Waals surface area contributed by atoms with E-state index in [-0.39, 0.29) is 13.2 Å². The van der Waals surface area contributed by atoms with E-state index < -0.39 is 24.4 Å². The minimum absolute atomic E-state index is 0.0876. The van der Waals surface area contributed by atoms with Gasteiger partial charge in [-0.1, -0.05) is 70.4 Å². The van der Waals surface area contributed by atoms with Crippen LogP contribution < -0.4 is 0 Å². The molecule has 0 aliphatic carbocycles. The van der Waals surface area contributed by atoms with Crippen LogP contribution in [0, 0.1) is 0 Å². The van der Waals surface area contributed by atoms with Crippen LogP contribution in [0.4, 0.5) is 0 Å². The lowest BCUT2D eigenvalue weighted by Crippen LogP contribution is -2.42. The topological polar surface area (TPSA) is 79.2 Å². The summed E-state index contributed by atoms with van der Waals surface area (Å²) in [7, 11) is 0. The predicted octanol–water partition coefficient (Wildman–Crippen LogP) is 3.35. The largest absolute Gasteiger partial charge is 0.394 e. The van der Waals surface area contributed by atoms with Gasteiger partial charge in [-0.2, -0.15) is 0 Å². The highest BCUT2D eigenvalue weighted by Gasteiger charge is 2.40. The van der Waals surface area contributed by atoms with E-state index in [9.17, 15) is 15.3 Å². The van der Waals surface area contributed by atoms with Gasteiger partial charge in [-0.25, -0.2) is 0 Å². The molecule has 1 aliphatic rings. The minimum atomic E-state index is -0.991. The zero-order chi connectivity index (χ0) is 19.0. The Morgan fingerprint density at radius 3 is 2.15 bits per heavy atom. The number of aliphatic hydroxyl groups excluding tert-OH is 3. The standard InChI is InChI=1S/C21H40O5/c1-2-3-4-5-6-7-8-9-10-11-12-13-14-15-25-19(16-22)21-20(24)18(23)17-26-21/h12-13,18-24H,2-11,14-17H2,1H3/b13-12+/t18-,19+,20+,21+/m0/s1. The van der Waals surface area contributed by atoms with Crippen LogP contribution in [0.25, 0.3) is 0 Å². The Labute approximate surface area is 159 Å². The fraction of sp³-hybridized carbons (Fsp3) is 0.905. The molecule has 5 heteroatoms. The monoisotopic (exact) mass is 372 g/mol. The Morgan fingerprint density at radius 2 is 1.58 bits per heavy atom. The van der Waals surface area contributed by atoms with Gasteiger partial charge in [0.2, 0.25) is 0 Å². The molecule has 0 aromatic carbocycles. The van der Waals surface area contributed by atoms with Gasteiger partial charge in [0, 0.05) is 0 Å². The lowest BCUT2D eigenvalue weighted by molar-refractivity contribution is -0.0996. The third-order valence-corrected chi connectivity index (χ3v) is 4.99. The Balaban J connectivity index is 1.94. The number of rotatable bonds is 16. The van der Waals surface area contributed by atoms with E-state index in [1.54, 1.807) is 0 Å². The molecule has 1 saturated heterocycles. The van der Waals surface area contributed by atoms with Crippen molar-refractivity contribution in [2.45, 2.75) is 102 Å². The highest BCUT2D eigenvalue weighted by Crippen LogP contribution is 2.19. The van der Waals surface area contributed by atoms with Crippen molar-refractivity contribution < 1.29 is 24.8 Å². The molecule has 26 heavy (non-hydrogen) atoms. The second-order valence-electron chi connectivity index (χ2n) is 7.32. The minimum Gasteiger partial charge on any atom is -0.394 e. The van der Waals surface area contributed by atoms with Crippen LogP contribution in [0.2, 0.25) is 0 Å². The van der Waals surface area contributed by atoms with Gasteiger partial charge < -0.3 is 24.8 Å². The number of ether oxygens (including phenoxy) is 2. The van der Waals surface area contributed by atoms with Crippen molar-refractivity contribution in [3.05, 3.63) is 12.2 Å². The maximum atomic E-state index is 9.79. The summed E-state index contributed by atoms with van der Waals surface area (Å²) in [5.74, 6) is 0. The second kappa shape index (κ2) is 15.6. The van der Waals surface area contributed by atoms with Crippen LogP contribution in [0.1, 0.15) is 77.6 Å². The van der Waals surface area contributed by atoms with Crippen molar-refractivity contribution >= 4 is 0 Å². The van der Waals surface area contributed by atoms with Crippen LogP contribution in [0.15, 0.2) is 12.2 Å².